The summed E-state index contributed by atoms with van der Waals surface area (Å²) in [7, 11) is 0. The molecule has 1 N–H and O–H groups in total. The van der Waals surface area contributed by atoms with Gasteiger partial charge in [0, 0.05) is 11.4 Å². The number of piperidine rings is 1. The van der Waals surface area contributed by atoms with Crippen molar-refractivity contribution in [2.75, 3.05) is 25.0 Å². The van der Waals surface area contributed by atoms with Gasteiger partial charge in [-0.2, -0.15) is 10.2 Å². The first-order valence-corrected chi connectivity index (χ1v) is 10.6. The third-order valence-corrected chi connectivity index (χ3v) is 6.46. The van der Waals surface area contributed by atoms with E-state index in [9.17, 15) is 5.26 Å². The van der Waals surface area contributed by atoms with Crippen LogP contribution in [0.3, 0.4) is 0 Å². The molecule has 0 spiro atoms. The van der Waals surface area contributed by atoms with Crippen LogP contribution >= 0.6 is 22.7 Å². The fraction of sp³-hybridized carbons (Fsp3) is 0.368. The van der Waals surface area contributed by atoms with E-state index >= 15 is 0 Å². The van der Waals surface area contributed by atoms with Gasteiger partial charge >= 0.3 is 0 Å². The molecule has 0 aliphatic carbocycles. The summed E-state index contributed by atoms with van der Waals surface area (Å²) >= 11 is 3.34. The monoisotopic (exact) mass is 384 g/mol. The second-order valence-electron chi connectivity index (χ2n) is 6.29. The minimum atomic E-state index is 0.289. The lowest BCUT2D eigenvalue weighted by Crippen LogP contribution is -2.36. The smallest absolute Gasteiger partial charge is 0.240 e. The Kier molecular flexibility index (Phi) is 5.34. The van der Waals surface area contributed by atoms with E-state index in [4.69, 9.17) is 4.42 Å². The van der Waals surface area contributed by atoms with E-state index in [0.29, 0.717) is 24.0 Å². The minimum Gasteiger partial charge on any atom is -0.418 e. The van der Waals surface area contributed by atoms with Crippen LogP contribution in [0, 0.1) is 11.3 Å². The molecule has 3 aromatic heterocycles. The number of anilines is 1. The summed E-state index contributed by atoms with van der Waals surface area (Å²) in [6.45, 7) is 2.94. The number of thiophene rings is 2. The average Bonchev–Trinajstić information content (AvgIpc) is 3.44. The molecule has 3 aromatic rings. The molecular weight excluding hydrogens is 364 g/mol. The van der Waals surface area contributed by atoms with Crippen LogP contribution in [0.5, 0.6) is 0 Å². The summed E-state index contributed by atoms with van der Waals surface area (Å²) in [5, 5.41) is 16.9. The van der Waals surface area contributed by atoms with Gasteiger partial charge in [0.15, 0.2) is 0 Å². The molecule has 0 aromatic carbocycles. The van der Waals surface area contributed by atoms with Crippen LogP contribution in [0.1, 0.15) is 35.9 Å². The van der Waals surface area contributed by atoms with E-state index in [2.05, 4.69) is 38.8 Å². The molecule has 1 saturated heterocycles. The number of nitrogens with zero attached hydrogens (tertiary/aromatic N) is 3. The molecule has 134 valence electrons. The molecular formula is C19H20N4OS2. The zero-order chi connectivity index (χ0) is 17.8. The zero-order valence-electron chi connectivity index (χ0n) is 14.4. The summed E-state index contributed by atoms with van der Waals surface area (Å²) in [4.78, 5) is 9.14. The van der Waals surface area contributed by atoms with Gasteiger partial charge in [-0.25, -0.2) is 0 Å². The normalized spacial score (nSPS) is 16.3. The third kappa shape index (κ3) is 3.68. The Hall–Kier alpha value is -2.14. The van der Waals surface area contributed by atoms with E-state index in [1.54, 1.807) is 22.7 Å². The Morgan fingerprint density at radius 3 is 2.69 bits per heavy atom. The quantitative estimate of drug-likeness (QED) is 0.649. The first kappa shape index (κ1) is 17.3. The van der Waals surface area contributed by atoms with Gasteiger partial charge in [0.05, 0.1) is 10.9 Å². The second-order valence-corrected chi connectivity index (χ2v) is 8.22. The Labute approximate surface area is 160 Å². The molecule has 5 nitrogen and oxygen atoms in total. The van der Waals surface area contributed by atoms with Gasteiger partial charge in [-0.1, -0.05) is 18.6 Å². The first-order valence-electron chi connectivity index (χ1n) is 8.81. The molecule has 0 amide bonds. The van der Waals surface area contributed by atoms with Gasteiger partial charge in [-0.15, -0.1) is 22.7 Å². The molecule has 1 fully saturated rings. The Morgan fingerprint density at radius 1 is 1.19 bits per heavy atom. The molecule has 1 aliphatic heterocycles. The highest BCUT2D eigenvalue weighted by molar-refractivity contribution is 7.13. The van der Waals surface area contributed by atoms with Crippen molar-refractivity contribution in [3.63, 3.8) is 0 Å². The van der Waals surface area contributed by atoms with Gasteiger partial charge in [0.2, 0.25) is 17.5 Å². The highest BCUT2D eigenvalue weighted by atomic mass is 32.1. The topological polar surface area (TPSA) is 65.1 Å². The summed E-state index contributed by atoms with van der Waals surface area (Å²) < 4.78 is 5.86. The number of rotatable bonds is 6. The summed E-state index contributed by atoms with van der Waals surface area (Å²) in [6.07, 6.45) is 3.80. The molecule has 4 heterocycles. The van der Waals surface area contributed by atoms with Crippen molar-refractivity contribution in [3.05, 3.63) is 45.6 Å². The third-order valence-electron chi connectivity index (χ3n) is 4.62. The van der Waals surface area contributed by atoms with E-state index in [-0.39, 0.29) is 6.04 Å². The summed E-state index contributed by atoms with van der Waals surface area (Å²) in [5.41, 5.74) is 0.317. The van der Waals surface area contributed by atoms with Crippen LogP contribution in [0.15, 0.2) is 39.4 Å². The first-order chi connectivity index (χ1) is 12.8. The number of likely N-dealkylation sites (tertiary alicyclic amines) is 1. The minimum absolute atomic E-state index is 0.289. The lowest BCUT2D eigenvalue weighted by atomic mass is 10.1. The molecule has 4 rings (SSSR count). The molecule has 1 atom stereocenters. The number of hydrogen-bond acceptors (Lipinski definition) is 7. The summed E-state index contributed by atoms with van der Waals surface area (Å²) in [5.74, 6) is 0.971. The molecule has 0 bridgehead atoms. The van der Waals surface area contributed by atoms with Gasteiger partial charge in [-0.05, 0) is 48.8 Å². The second kappa shape index (κ2) is 8.04. The predicted octanol–water partition coefficient (Wildman–Crippen LogP) is 4.98. The molecule has 0 radical (unpaired) electrons. The van der Waals surface area contributed by atoms with Crippen molar-refractivity contribution in [1.29, 1.82) is 5.26 Å². The number of hydrogen-bond donors (Lipinski definition) is 1. The maximum atomic E-state index is 9.41. The molecule has 1 aliphatic rings. The van der Waals surface area contributed by atoms with E-state index in [1.807, 2.05) is 17.5 Å². The van der Waals surface area contributed by atoms with Gasteiger partial charge in [0.1, 0.15) is 6.07 Å². The predicted molar refractivity (Wildman–Crippen MR) is 106 cm³/mol. The summed E-state index contributed by atoms with van der Waals surface area (Å²) in [6, 6.07) is 10.6. The van der Waals surface area contributed by atoms with Crippen LogP contribution in [0.2, 0.25) is 0 Å². The number of oxazole rings is 1. The molecule has 0 unspecified atom stereocenters. The van der Waals surface area contributed by atoms with Crippen LogP contribution in [-0.4, -0.2) is 29.5 Å². The van der Waals surface area contributed by atoms with Crippen molar-refractivity contribution < 1.29 is 4.42 Å². The van der Waals surface area contributed by atoms with Gasteiger partial charge in [0.25, 0.3) is 0 Å². The average molecular weight is 385 g/mol. The van der Waals surface area contributed by atoms with Crippen molar-refractivity contribution in [2.24, 2.45) is 0 Å². The highest BCUT2D eigenvalue weighted by Crippen LogP contribution is 2.31. The Morgan fingerprint density at radius 2 is 2.00 bits per heavy atom. The number of nitrogens with one attached hydrogen (secondary N) is 1. The van der Waals surface area contributed by atoms with Crippen LogP contribution < -0.4 is 5.32 Å². The largest absolute Gasteiger partial charge is 0.418 e. The fourth-order valence-electron chi connectivity index (χ4n) is 3.33. The zero-order valence-corrected chi connectivity index (χ0v) is 16.0. The standard InChI is InChI=1S/C19H20N4OS2/c20-12-14-18(24-19(22-14)17-7-5-11-26-17)21-13-15(16-6-4-10-25-16)23-8-2-1-3-9-23/h4-7,10-11,15,21H,1-3,8-9,13H2/t15-/m0/s1. The maximum absolute atomic E-state index is 9.41. The molecule has 7 heteroatoms. The maximum Gasteiger partial charge on any atom is 0.240 e. The Bertz CT molecular complexity index is 858. The fourth-order valence-corrected chi connectivity index (χ4v) is 4.84. The number of nitriles is 1. The van der Waals surface area contributed by atoms with Gasteiger partial charge < -0.3 is 9.73 Å². The SMILES string of the molecule is N#Cc1nc(-c2cccs2)oc1NC[C@@H](c1cccs1)N1CCCCC1. The molecule has 0 saturated carbocycles. The lowest BCUT2D eigenvalue weighted by molar-refractivity contribution is 0.172. The van der Waals surface area contributed by atoms with Crippen molar-refractivity contribution >= 4 is 28.6 Å². The van der Waals surface area contributed by atoms with E-state index in [1.165, 1.54) is 24.1 Å². The van der Waals surface area contributed by atoms with Crippen molar-refractivity contribution in [3.8, 4) is 16.8 Å². The Balaban J connectivity index is 1.53. The van der Waals surface area contributed by atoms with Crippen molar-refractivity contribution in [2.45, 2.75) is 25.3 Å². The van der Waals surface area contributed by atoms with Crippen molar-refractivity contribution in [1.82, 2.24) is 9.88 Å². The lowest BCUT2D eigenvalue weighted by Gasteiger charge is -2.34. The van der Waals surface area contributed by atoms with Crippen LogP contribution in [0.25, 0.3) is 10.8 Å². The van der Waals surface area contributed by atoms with Crippen LogP contribution in [0.4, 0.5) is 5.88 Å². The van der Waals surface area contributed by atoms with Crippen LogP contribution in [-0.2, 0) is 0 Å². The molecule has 26 heavy (non-hydrogen) atoms. The highest BCUT2D eigenvalue weighted by Gasteiger charge is 2.24. The van der Waals surface area contributed by atoms with E-state index in [0.717, 1.165) is 18.0 Å². The van der Waals surface area contributed by atoms with E-state index < -0.39 is 0 Å². The van der Waals surface area contributed by atoms with Gasteiger partial charge in [-0.3, -0.25) is 4.90 Å². The number of aromatic nitrogens is 1.